The molecule has 1 saturated heterocycles. The first kappa shape index (κ1) is 24.4. The molecule has 0 aromatic carbocycles. The van der Waals surface area contributed by atoms with Crippen molar-refractivity contribution in [3.05, 3.63) is 55.4 Å². The summed E-state index contributed by atoms with van der Waals surface area (Å²) in [5.74, 6) is 0. The number of ether oxygens (including phenoxy) is 1. The molecule has 3 atom stereocenters. The second-order valence-electron chi connectivity index (χ2n) is 3.55. The number of H-pyrrole nitrogens is 1. The second kappa shape index (κ2) is 10.1. The van der Waals surface area contributed by atoms with E-state index in [0.29, 0.717) is 0 Å². The van der Waals surface area contributed by atoms with E-state index in [1.807, 2.05) is 4.98 Å². The number of rotatable bonds is 2. The smallest absolute Gasteiger partial charge is 0.394 e. The summed E-state index contributed by atoms with van der Waals surface area (Å²) < 4.78 is 6.38. The molecule has 1 fully saturated rings. The summed E-state index contributed by atoms with van der Waals surface area (Å²) in [6.45, 7) is -0.320. The molecular weight excluding hydrogens is 371 g/mol. The van der Waals surface area contributed by atoms with Gasteiger partial charge in [0.15, 0.2) is 0 Å². The molecule has 0 spiro atoms. The Bertz CT molecular complexity index is 487. The first-order chi connectivity index (χ1) is 7.61. The predicted molar refractivity (Wildman–Crippen MR) is 76.8 cm³/mol. The Kier molecular flexibility index (Phi) is 12.4. The summed E-state index contributed by atoms with van der Waals surface area (Å²) in [5, 5.41) is 18.4. The zero-order valence-corrected chi connectivity index (χ0v) is 14.6. The van der Waals surface area contributed by atoms with Crippen molar-refractivity contribution < 1.29 is 14.9 Å². The van der Waals surface area contributed by atoms with Crippen molar-refractivity contribution in [2.45, 2.75) is 24.9 Å². The van der Waals surface area contributed by atoms with Gasteiger partial charge in [0.2, 0.25) is 0 Å². The normalized spacial score (nSPS) is 23.6. The van der Waals surface area contributed by atoms with Gasteiger partial charge in [0.25, 0.3) is 0 Å². The fraction of sp³-hybridized carbons (Fsp3) is 0.417. The van der Waals surface area contributed by atoms with Crippen LogP contribution in [0.2, 0.25) is 0 Å². The van der Waals surface area contributed by atoms with Crippen LogP contribution in [0.3, 0.4) is 0 Å². The number of aromatic amines is 1. The van der Waals surface area contributed by atoms with Crippen molar-refractivity contribution in [2.24, 2.45) is 0 Å². The van der Waals surface area contributed by atoms with Crippen LogP contribution in [-0.2, 0) is 4.74 Å². The molecule has 0 bridgehead atoms. The minimum absolute atomic E-state index is 0. The van der Waals surface area contributed by atoms with Gasteiger partial charge < -0.3 is 57.6 Å². The summed E-state index contributed by atoms with van der Waals surface area (Å²) in [5.41, 5.74) is -1.24. The third kappa shape index (κ3) is 5.04. The molecule has 112 valence electrons. The van der Waals surface area contributed by atoms with E-state index in [4.69, 9.17) is 9.84 Å². The molecule has 1 aliphatic rings. The van der Waals surface area contributed by atoms with Crippen LogP contribution in [0, 0.1) is 28.3 Å². The number of nitrogens with one attached hydrogen (secondary N) is 1. The Labute approximate surface area is 135 Å². The van der Waals surface area contributed by atoms with E-state index in [0.717, 1.165) is 4.57 Å². The van der Waals surface area contributed by atoms with Gasteiger partial charge in [-0.25, -0.2) is 4.79 Å². The molecule has 0 radical (unpaired) electrons. The van der Waals surface area contributed by atoms with Crippen molar-refractivity contribution in [2.75, 3.05) is 6.61 Å². The van der Waals surface area contributed by atoms with Crippen LogP contribution in [0.4, 0.5) is 0 Å². The molecule has 1 unspecified atom stereocenters. The van der Waals surface area contributed by atoms with Crippen molar-refractivity contribution in [1.29, 1.82) is 0 Å². The number of nitrogens with zero attached hydrogens (tertiary/aromatic N) is 1. The van der Waals surface area contributed by atoms with E-state index in [-0.39, 0.29) is 59.2 Å². The Morgan fingerprint density at radius 2 is 2.00 bits per heavy atom. The maximum atomic E-state index is 11.4. The van der Waals surface area contributed by atoms with E-state index in [1.54, 1.807) is 0 Å². The van der Waals surface area contributed by atoms with Gasteiger partial charge in [0, 0.05) is 6.42 Å². The number of aromatic nitrogens is 2. The standard InChI is InChI=1S/C9H11N2O5.3CH3.Sn/c12-4-6-5(13)3-8(16-6)11-2-1-7(14)10-9(11)15;;;;/h2,5-6,8,12-13H,3-4H2,(H,10,14,15);3*1H3;/q4*-1;+4/t5?,6-,8-;;;;/m1..../s1. The number of aliphatic hydroxyl groups excluding tert-OH is 2. The number of aliphatic hydroxyl groups is 2. The van der Waals surface area contributed by atoms with E-state index in [2.05, 4.69) is 6.07 Å². The minimum Gasteiger partial charge on any atom is -0.394 e. The molecule has 8 heteroatoms. The Morgan fingerprint density at radius 1 is 1.40 bits per heavy atom. The summed E-state index contributed by atoms with van der Waals surface area (Å²) in [6.07, 6.45) is -0.853. The maximum absolute atomic E-state index is 11.4. The molecule has 3 N–H and O–H groups in total. The monoisotopic (exact) mass is 392 g/mol. The average Bonchev–Trinajstić information content (AvgIpc) is 2.59. The molecule has 0 aliphatic carbocycles. The Balaban J connectivity index is -0.000000722. The third-order valence-corrected chi connectivity index (χ3v) is 2.48. The molecule has 7 nitrogen and oxygen atoms in total. The van der Waals surface area contributed by atoms with E-state index in [1.165, 1.54) is 6.20 Å². The van der Waals surface area contributed by atoms with Crippen LogP contribution in [0.15, 0.2) is 15.8 Å². The fourth-order valence-corrected chi connectivity index (χ4v) is 1.65. The van der Waals surface area contributed by atoms with Crippen molar-refractivity contribution in [3.8, 4) is 0 Å². The Morgan fingerprint density at radius 3 is 2.45 bits per heavy atom. The number of hydrogen-bond donors (Lipinski definition) is 3. The molecule has 2 rings (SSSR count). The van der Waals surface area contributed by atoms with Gasteiger partial charge in [-0.15, -0.1) is 0 Å². The summed E-state index contributed by atoms with van der Waals surface area (Å²) in [6, 6.07) is 2.29. The quantitative estimate of drug-likeness (QED) is 0.441. The molecule has 20 heavy (non-hydrogen) atoms. The molecule has 0 saturated carbocycles. The molecular formula is C12H20N2O5Sn. The maximum Gasteiger partial charge on any atom is 4.00 e. The SMILES string of the molecule is O=c1[c-]cn([C@H]2CC(O)[C@@H](CO)O2)c(=O)[nH]1.[CH3-].[CH3-].[CH3-].[Sn+4]. The van der Waals surface area contributed by atoms with E-state index in [9.17, 15) is 14.7 Å². The van der Waals surface area contributed by atoms with Crippen LogP contribution in [0.25, 0.3) is 0 Å². The molecule has 2 heterocycles. The van der Waals surface area contributed by atoms with Gasteiger partial charge in [-0.1, -0.05) is 0 Å². The fourth-order valence-electron chi connectivity index (χ4n) is 1.65. The second-order valence-corrected chi connectivity index (χ2v) is 3.55. The Hall–Kier alpha value is -0.641. The van der Waals surface area contributed by atoms with Crippen LogP contribution in [-0.4, -0.2) is 62.5 Å². The summed E-state index contributed by atoms with van der Waals surface area (Å²) in [4.78, 5) is 24.2. The first-order valence-electron chi connectivity index (χ1n) is 4.79. The molecule has 1 aromatic rings. The summed E-state index contributed by atoms with van der Waals surface area (Å²) in [7, 11) is 0. The minimum atomic E-state index is -0.825. The topological polar surface area (TPSA) is 105 Å². The average molecular weight is 391 g/mol. The van der Waals surface area contributed by atoms with Gasteiger partial charge in [0.1, 0.15) is 12.3 Å². The van der Waals surface area contributed by atoms with E-state index < -0.39 is 29.7 Å². The number of hydrogen-bond acceptors (Lipinski definition) is 5. The van der Waals surface area contributed by atoms with E-state index >= 15 is 0 Å². The van der Waals surface area contributed by atoms with Crippen LogP contribution < -0.4 is 11.2 Å². The zero-order valence-electron chi connectivity index (χ0n) is 11.8. The summed E-state index contributed by atoms with van der Waals surface area (Å²) >= 11 is 0. The van der Waals surface area contributed by atoms with Crippen molar-refractivity contribution >= 4 is 23.9 Å². The van der Waals surface area contributed by atoms with Gasteiger partial charge in [-0.3, -0.25) is 0 Å². The van der Waals surface area contributed by atoms with Crippen LogP contribution in [0.1, 0.15) is 12.6 Å². The van der Waals surface area contributed by atoms with Crippen molar-refractivity contribution in [3.63, 3.8) is 0 Å². The van der Waals surface area contributed by atoms with Gasteiger partial charge in [0.05, 0.1) is 18.3 Å². The molecule has 1 aliphatic heterocycles. The first-order valence-corrected chi connectivity index (χ1v) is 4.79. The van der Waals surface area contributed by atoms with Crippen molar-refractivity contribution in [1.82, 2.24) is 9.55 Å². The van der Waals surface area contributed by atoms with Gasteiger partial charge in [-0.2, -0.15) is 6.20 Å². The largest absolute Gasteiger partial charge is 4.00 e. The van der Waals surface area contributed by atoms with Crippen LogP contribution >= 0.6 is 0 Å². The zero-order chi connectivity index (χ0) is 11.7. The van der Waals surface area contributed by atoms with Crippen LogP contribution in [0.5, 0.6) is 0 Å². The molecule has 1 aromatic heterocycles. The van der Waals surface area contributed by atoms with Gasteiger partial charge in [-0.05, 0) is 0 Å². The molecule has 0 amide bonds. The predicted octanol–water partition coefficient (Wildman–Crippen LogP) is -1.05. The third-order valence-electron chi connectivity index (χ3n) is 2.48. The van der Waals surface area contributed by atoms with Gasteiger partial charge >= 0.3 is 29.6 Å².